The van der Waals surface area contributed by atoms with Crippen molar-refractivity contribution >= 4 is 11.6 Å². The minimum atomic E-state index is 0.418. The quantitative estimate of drug-likeness (QED) is 0.865. The lowest BCUT2D eigenvalue weighted by Crippen LogP contribution is -2.37. The molecule has 18 heavy (non-hydrogen) atoms. The van der Waals surface area contributed by atoms with Crippen LogP contribution in [-0.4, -0.2) is 42.3 Å². The molecule has 1 saturated heterocycles. The number of piperidine rings is 1. The van der Waals surface area contributed by atoms with Gasteiger partial charge in [-0.05, 0) is 26.7 Å². The molecule has 5 heteroatoms. The molecule has 0 radical (unpaired) electrons. The molecule has 0 amide bonds. The molecule has 100 valence electrons. The van der Waals surface area contributed by atoms with Gasteiger partial charge in [0, 0.05) is 32.3 Å². The fourth-order valence-electron chi connectivity index (χ4n) is 2.29. The molecule has 1 fully saturated rings. The van der Waals surface area contributed by atoms with Crippen molar-refractivity contribution in [3.8, 4) is 0 Å². The molecule has 0 bridgehead atoms. The Morgan fingerprint density at radius 3 is 2.78 bits per heavy atom. The lowest BCUT2D eigenvalue weighted by Gasteiger charge is -2.32. The van der Waals surface area contributed by atoms with Crippen molar-refractivity contribution in [2.75, 3.05) is 36.5 Å². The summed E-state index contributed by atoms with van der Waals surface area (Å²) in [6, 6.07) is 2.02. The van der Waals surface area contributed by atoms with E-state index in [9.17, 15) is 0 Å². The SMILES string of the molecule is CCNc1cc(N2CCC(OCC)CC2)ncn1. The fraction of sp³-hybridized carbons (Fsp3) is 0.692. The minimum absolute atomic E-state index is 0.418. The number of nitrogens with zero attached hydrogens (tertiary/aromatic N) is 3. The molecule has 0 atom stereocenters. The summed E-state index contributed by atoms with van der Waals surface area (Å²) < 4.78 is 5.66. The van der Waals surface area contributed by atoms with E-state index < -0.39 is 0 Å². The summed E-state index contributed by atoms with van der Waals surface area (Å²) in [6.07, 6.45) is 4.20. The van der Waals surface area contributed by atoms with E-state index in [-0.39, 0.29) is 0 Å². The van der Waals surface area contributed by atoms with Gasteiger partial charge in [-0.2, -0.15) is 0 Å². The number of hydrogen-bond acceptors (Lipinski definition) is 5. The number of anilines is 2. The Labute approximate surface area is 109 Å². The monoisotopic (exact) mass is 250 g/mol. The van der Waals surface area contributed by atoms with Crippen LogP contribution < -0.4 is 10.2 Å². The molecule has 0 spiro atoms. The second-order valence-electron chi connectivity index (χ2n) is 4.43. The maximum atomic E-state index is 5.66. The lowest BCUT2D eigenvalue weighted by molar-refractivity contribution is 0.0458. The van der Waals surface area contributed by atoms with Crippen LogP contribution in [0.5, 0.6) is 0 Å². The maximum Gasteiger partial charge on any atom is 0.134 e. The predicted octanol–water partition coefficient (Wildman–Crippen LogP) is 1.91. The van der Waals surface area contributed by atoms with Crippen molar-refractivity contribution in [1.82, 2.24) is 9.97 Å². The summed E-state index contributed by atoms with van der Waals surface area (Å²) in [4.78, 5) is 10.8. The van der Waals surface area contributed by atoms with Crippen molar-refractivity contribution in [3.63, 3.8) is 0 Å². The summed E-state index contributed by atoms with van der Waals surface area (Å²) in [5.74, 6) is 1.91. The molecule has 2 heterocycles. The third-order valence-corrected chi connectivity index (χ3v) is 3.18. The van der Waals surface area contributed by atoms with Crippen LogP contribution in [0, 0.1) is 0 Å². The molecule has 0 aromatic carbocycles. The van der Waals surface area contributed by atoms with E-state index in [0.29, 0.717) is 6.10 Å². The molecule has 0 aliphatic carbocycles. The molecule has 1 N–H and O–H groups in total. The zero-order chi connectivity index (χ0) is 12.8. The van der Waals surface area contributed by atoms with E-state index in [1.807, 2.05) is 6.07 Å². The highest BCUT2D eigenvalue weighted by molar-refractivity contribution is 5.48. The first-order valence-corrected chi connectivity index (χ1v) is 6.76. The number of aromatic nitrogens is 2. The van der Waals surface area contributed by atoms with Gasteiger partial charge in [0.05, 0.1) is 6.10 Å². The van der Waals surface area contributed by atoms with Crippen LogP contribution in [0.4, 0.5) is 11.6 Å². The largest absolute Gasteiger partial charge is 0.378 e. The van der Waals surface area contributed by atoms with Crippen molar-refractivity contribution < 1.29 is 4.74 Å². The van der Waals surface area contributed by atoms with Gasteiger partial charge < -0.3 is 15.0 Å². The predicted molar refractivity (Wildman–Crippen MR) is 73.1 cm³/mol. The number of hydrogen-bond donors (Lipinski definition) is 1. The Morgan fingerprint density at radius 2 is 2.11 bits per heavy atom. The van der Waals surface area contributed by atoms with Gasteiger partial charge >= 0.3 is 0 Å². The second-order valence-corrected chi connectivity index (χ2v) is 4.43. The van der Waals surface area contributed by atoms with Crippen LogP contribution in [0.2, 0.25) is 0 Å². The topological polar surface area (TPSA) is 50.3 Å². The fourth-order valence-corrected chi connectivity index (χ4v) is 2.29. The van der Waals surface area contributed by atoms with Gasteiger partial charge in [-0.25, -0.2) is 9.97 Å². The van der Waals surface area contributed by atoms with Crippen LogP contribution in [0.3, 0.4) is 0 Å². The minimum Gasteiger partial charge on any atom is -0.378 e. The third kappa shape index (κ3) is 3.32. The second kappa shape index (κ2) is 6.54. The van der Waals surface area contributed by atoms with Gasteiger partial charge in [0.1, 0.15) is 18.0 Å². The average molecular weight is 250 g/mol. The summed E-state index contributed by atoms with van der Waals surface area (Å²) in [5.41, 5.74) is 0. The summed E-state index contributed by atoms with van der Waals surface area (Å²) in [6.45, 7) is 7.82. The maximum absolute atomic E-state index is 5.66. The zero-order valence-electron chi connectivity index (χ0n) is 11.2. The first-order valence-electron chi connectivity index (χ1n) is 6.76. The van der Waals surface area contributed by atoms with Crippen LogP contribution in [0.15, 0.2) is 12.4 Å². The van der Waals surface area contributed by atoms with Gasteiger partial charge in [0.2, 0.25) is 0 Å². The smallest absolute Gasteiger partial charge is 0.134 e. The number of nitrogens with one attached hydrogen (secondary N) is 1. The van der Waals surface area contributed by atoms with Crippen LogP contribution in [0.25, 0.3) is 0 Å². The molecular weight excluding hydrogens is 228 g/mol. The lowest BCUT2D eigenvalue weighted by atomic mass is 10.1. The van der Waals surface area contributed by atoms with Crippen molar-refractivity contribution in [2.45, 2.75) is 32.8 Å². The number of ether oxygens (including phenoxy) is 1. The molecular formula is C13H22N4O. The molecule has 1 aromatic heterocycles. The molecule has 1 aliphatic rings. The summed E-state index contributed by atoms with van der Waals surface area (Å²) in [5, 5.41) is 3.21. The highest BCUT2D eigenvalue weighted by Crippen LogP contribution is 2.20. The molecule has 2 rings (SSSR count). The van der Waals surface area contributed by atoms with E-state index in [4.69, 9.17) is 4.74 Å². The van der Waals surface area contributed by atoms with E-state index in [1.54, 1.807) is 6.33 Å². The molecule has 5 nitrogen and oxygen atoms in total. The van der Waals surface area contributed by atoms with Gasteiger partial charge in [-0.3, -0.25) is 0 Å². The van der Waals surface area contributed by atoms with Crippen molar-refractivity contribution in [3.05, 3.63) is 12.4 Å². The number of rotatable bonds is 5. The standard InChI is InChI=1S/C13H22N4O/c1-3-14-12-9-13(16-10-15-12)17-7-5-11(6-8-17)18-4-2/h9-11H,3-8H2,1-2H3,(H,14,15,16). The Balaban J connectivity index is 1.94. The van der Waals surface area contributed by atoms with E-state index in [1.165, 1.54) is 0 Å². The van der Waals surface area contributed by atoms with Crippen molar-refractivity contribution in [1.29, 1.82) is 0 Å². The van der Waals surface area contributed by atoms with E-state index in [0.717, 1.165) is 50.7 Å². The van der Waals surface area contributed by atoms with E-state index >= 15 is 0 Å². The van der Waals surface area contributed by atoms with Crippen molar-refractivity contribution in [2.24, 2.45) is 0 Å². The normalized spacial score (nSPS) is 16.9. The van der Waals surface area contributed by atoms with Crippen LogP contribution in [-0.2, 0) is 4.74 Å². The summed E-state index contributed by atoms with van der Waals surface area (Å²) in [7, 11) is 0. The Bertz CT molecular complexity index is 364. The molecule has 1 aromatic rings. The Kier molecular flexibility index (Phi) is 4.75. The molecule has 1 aliphatic heterocycles. The Hall–Kier alpha value is -1.36. The average Bonchev–Trinajstić information content (AvgIpc) is 2.41. The summed E-state index contributed by atoms with van der Waals surface area (Å²) >= 11 is 0. The first-order chi connectivity index (χ1) is 8.83. The van der Waals surface area contributed by atoms with Gasteiger partial charge in [0.15, 0.2) is 0 Å². The molecule has 0 unspecified atom stereocenters. The highest BCUT2D eigenvalue weighted by atomic mass is 16.5. The van der Waals surface area contributed by atoms with Crippen LogP contribution >= 0.6 is 0 Å². The Morgan fingerprint density at radius 1 is 1.33 bits per heavy atom. The zero-order valence-corrected chi connectivity index (χ0v) is 11.2. The first kappa shape index (κ1) is 13.1. The highest BCUT2D eigenvalue weighted by Gasteiger charge is 2.20. The molecule has 0 saturated carbocycles. The van der Waals surface area contributed by atoms with Gasteiger partial charge in [-0.1, -0.05) is 0 Å². The van der Waals surface area contributed by atoms with Gasteiger partial charge in [0.25, 0.3) is 0 Å². The van der Waals surface area contributed by atoms with E-state index in [2.05, 4.69) is 34.0 Å². The third-order valence-electron chi connectivity index (χ3n) is 3.18. The van der Waals surface area contributed by atoms with Crippen LogP contribution in [0.1, 0.15) is 26.7 Å². The van der Waals surface area contributed by atoms with Gasteiger partial charge in [-0.15, -0.1) is 0 Å².